The van der Waals surface area contributed by atoms with Gasteiger partial charge in [-0.25, -0.2) is 4.39 Å². The molecule has 1 unspecified atom stereocenters. The molecule has 1 aromatic carbocycles. The van der Waals surface area contributed by atoms with Gasteiger partial charge in [0.25, 0.3) is 0 Å². The van der Waals surface area contributed by atoms with Crippen molar-refractivity contribution >= 4 is 11.6 Å². The van der Waals surface area contributed by atoms with Crippen LogP contribution in [-0.4, -0.2) is 6.54 Å². The minimum atomic E-state index is -0.324. The lowest BCUT2D eigenvalue weighted by Crippen LogP contribution is -2.05. The zero-order valence-electron chi connectivity index (χ0n) is 8.48. The maximum atomic E-state index is 13.2. The second kappa shape index (κ2) is 4.76. The summed E-state index contributed by atoms with van der Waals surface area (Å²) >= 11 is 5.76. The van der Waals surface area contributed by atoms with E-state index < -0.39 is 0 Å². The molecule has 0 spiro atoms. The van der Waals surface area contributed by atoms with Crippen molar-refractivity contribution < 1.29 is 4.39 Å². The summed E-state index contributed by atoms with van der Waals surface area (Å²) in [6, 6.07) is 3.52. The number of benzene rings is 1. The Morgan fingerprint density at radius 1 is 1.50 bits per heavy atom. The molecule has 1 nitrogen and oxygen atoms in total. The summed E-state index contributed by atoms with van der Waals surface area (Å²) in [6.45, 7) is 4.42. The minimum absolute atomic E-state index is 0.198. The molecule has 0 saturated heterocycles. The lowest BCUT2D eigenvalue weighted by Gasteiger charge is -2.12. The minimum Gasteiger partial charge on any atom is -0.330 e. The third-order valence-corrected chi connectivity index (χ3v) is 2.68. The predicted octanol–water partition coefficient (Wildman–Crippen LogP) is 3.24. The van der Waals surface area contributed by atoms with Crippen LogP contribution in [0.3, 0.4) is 0 Å². The number of hydrogen-bond donors (Lipinski definition) is 1. The first-order valence-corrected chi connectivity index (χ1v) is 5.09. The summed E-state index contributed by atoms with van der Waals surface area (Å²) in [5, 5.41) is 0.198. The Kier molecular flexibility index (Phi) is 3.90. The smallest absolute Gasteiger partial charge is 0.144 e. The van der Waals surface area contributed by atoms with Crippen LogP contribution >= 0.6 is 11.6 Å². The Morgan fingerprint density at radius 2 is 2.14 bits per heavy atom. The normalized spacial score (nSPS) is 12.9. The van der Waals surface area contributed by atoms with E-state index in [0.29, 0.717) is 18.0 Å². The Balaban J connectivity index is 3.00. The largest absolute Gasteiger partial charge is 0.330 e. The van der Waals surface area contributed by atoms with E-state index >= 15 is 0 Å². The summed E-state index contributed by atoms with van der Waals surface area (Å²) in [6.07, 6.45) is 0.890. The third kappa shape index (κ3) is 2.46. The SMILES string of the molecule is Cc1cc(C(C)CCN)cc(Cl)c1F. The van der Waals surface area contributed by atoms with E-state index in [0.717, 1.165) is 12.0 Å². The summed E-state index contributed by atoms with van der Waals surface area (Å²) < 4.78 is 13.2. The highest BCUT2D eigenvalue weighted by atomic mass is 35.5. The fraction of sp³-hybridized carbons (Fsp3) is 0.455. The first-order valence-electron chi connectivity index (χ1n) is 4.72. The molecule has 0 saturated carbocycles. The van der Waals surface area contributed by atoms with Crippen molar-refractivity contribution in [3.8, 4) is 0 Å². The van der Waals surface area contributed by atoms with E-state index in [9.17, 15) is 4.39 Å². The number of aryl methyl sites for hydroxylation is 1. The van der Waals surface area contributed by atoms with Crippen LogP contribution in [0.1, 0.15) is 30.4 Å². The summed E-state index contributed by atoms with van der Waals surface area (Å²) in [5.41, 5.74) is 7.11. The van der Waals surface area contributed by atoms with Gasteiger partial charge in [-0.15, -0.1) is 0 Å². The highest BCUT2D eigenvalue weighted by Gasteiger charge is 2.10. The van der Waals surface area contributed by atoms with Gasteiger partial charge in [0.1, 0.15) is 5.82 Å². The van der Waals surface area contributed by atoms with E-state index in [-0.39, 0.29) is 10.8 Å². The van der Waals surface area contributed by atoms with Crippen molar-refractivity contribution in [2.45, 2.75) is 26.2 Å². The molecule has 1 aromatic rings. The Hall–Kier alpha value is -0.600. The van der Waals surface area contributed by atoms with E-state index in [1.54, 1.807) is 13.0 Å². The molecule has 14 heavy (non-hydrogen) atoms. The van der Waals surface area contributed by atoms with E-state index in [1.807, 2.05) is 6.07 Å². The Morgan fingerprint density at radius 3 is 2.64 bits per heavy atom. The first-order chi connectivity index (χ1) is 6.56. The lowest BCUT2D eigenvalue weighted by atomic mass is 9.96. The van der Waals surface area contributed by atoms with Crippen LogP contribution in [0.15, 0.2) is 12.1 Å². The molecule has 0 amide bonds. The van der Waals surface area contributed by atoms with Crippen LogP contribution in [-0.2, 0) is 0 Å². The van der Waals surface area contributed by atoms with Crippen molar-refractivity contribution in [3.63, 3.8) is 0 Å². The molecule has 0 radical (unpaired) electrons. The molecule has 1 rings (SSSR count). The zero-order chi connectivity index (χ0) is 10.7. The summed E-state index contributed by atoms with van der Waals surface area (Å²) in [5.74, 6) is 0.00663. The summed E-state index contributed by atoms with van der Waals surface area (Å²) in [4.78, 5) is 0. The average Bonchev–Trinajstić information content (AvgIpc) is 2.13. The van der Waals surface area contributed by atoms with Gasteiger partial charge in [-0.2, -0.15) is 0 Å². The molecule has 78 valence electrons. The molecule has 0 aliphatic carbocycles. The number of nitrogens with two attached hydrogens (primary N) is 1. The molecule has 0 aliphatic rings. The Bertz CT molecular complexity index is 302. The van der Waals surface area contributed by atoms with Crippen molar-refractivity contribution in [3.05, 3.63) is 34.1 Å². The highest BCUT2D eigenvalue weighted by molar-refractivity contribution is 6.30. The van der Waals surface area contributed by atoms with Gasteiger partial charge < -0.3 is 5.73 Å². The van der Waals surface area contributed by atoms with Crippen molar-refractivity contribution in [2.24, 2.45) is 5.73 Å². The molecule has 0 heterocycles. The van der Waals surface area contributed by atoms with Crippen LogP contribution in [0.2, 0.25) is 5.02 Å². The lowest BCUT2D eigenvalue weighted by molar-refractivity contribution is 0.614. The van der Waals surface area contributed by atoms with Gasteiger partial charge in [-0.05, 0) is 43.0 Å². The maximum Gasteiger partial charge on any atom is 0.144 e. The van der Waals surface area contributed by atoms with E-state index in [1.165, 1.54) is 0 Å². The van der Waals surface area contributed by atoms with E-state index in [4.69, 9.17) is 17.3 Å². The van der Waals surface area contributed by atoms with Crippen LogP contribution in [0.4, 0.5) is 4.39 Å². The summed E-state index contributed by atoms with van der Waals surface area (Å²) in [7, 11) is 0. The van der Waals surface area contributed by atoms with E-state index in [2.05, 4.69) is 6.92 Å². The van der Waals surface area contributed by atoms with Gasteiger partial charge in [0, 0.05) is 0 Å². The quantitative estimate of drug-likeness (QED) is 0.823. The second-order valence-electron chi connectivity index (χ2n) is 3.61. The molecular formula is C11H15ClFN. The number of hydrogen-bond acceptors (Lipinski definition) is 1. The van der Waals surface area contributed by atoms with Gasteiger partial charge in [-0.3, -0.25) is 0 Å². The van der Waals surface area contributed by atoms with Crippen molar-refractivity contribution in [1.29, 1.82) is 0 Å². The molecule has 0 fully saturated rings. The molecule has 3 heteroatoms. The van der Waals surface area contributed by atoms with Crippen LogP contribution < -0.4 is 5.73 Å². The molecule has 0 aromatic heterocycles. The van der Waals surface area contributed by atoms with Gasteiger partial charge in [0.15, 0.2) is 0 Å². The fourth-order valence-corrected chi connectivity index (χ4v) is 1.73. The Labute approximate surface area is 89.1 Å². The van der Waals surface area contributed by atoms with Crippen LogP contribution in [0, 0.1) is 12.7 Å². The maximum absolute atomic E-state index is 13.2. The highest BCUT2D eigenvalue weighted by Crippen LogP contribution is 2.26. The van der Waals surface area contributed by atoms with Crippen LogP contribution in [0.5, 0.6) is 0 Å². The predicted molar refractivity (Wildman–Crippen MR) is 58.2 cm³/mol. The monoisotopic (exact) mass is 215 g/mol. The van der Waals surface area contributed by atoms with Gasteiger partial charge in [0.05, 0.1) is 5.02 Å². The topological polar surface area (TPSA) is 26.0 Å². The molecular weight excluding hydrogens is 201 g/mol. The third-order valence-electron chi connectivity index (χ3n) is 2.40. The molecule has 0 bridgehead atoms. The fourth-order valence-electron chi connectivity index (χ4n) is 1.45. The second-order valence-corrected chi connectivity index (χ2v) is 4.02. The standard InChI is InChI=1S/C11H15ClFN/c1-7(3-4-14)9-5-8(2)11(13)10(12)6-9/h5-7H,3-4,14H2,1-2H3. The van der Waals surface area contributed by atoms with Crippen molar-refractivity contribution in [2.75, 3.05) is 6.54 Å². The van der Waals surface area contributed by atoms with Crippen LogP contribution in [0.25, 0.3) is 0 Å². The molecule has 1 atom stereocenters. The molecule has 0 aliphatic heterocycles. The zero-order valence-corrected chi connectivity index (χ0v) is 9.24. The van der Waals surface area contributed by atoms with Crippen molar-refractivity contribution in [1.82, 2.24) is 0 Å². The molecule has 2 N–H and O–H groups in total. The first kappa shape index (κ1) is 11.5. The number of rotatable bonds is 3. The number of halogens is 2. The average molecular weight is 216 g/mol. The van der Waals surface area contributed by atoms with Gasteiger partial charge in [0.2, 0.25) is 0 Å². The van der Waals surface area contributed by atoms with Gasteiger partial charge >= 0.3 is 0 Å². The van der Waals surface area contributed by atoms with Gasteiger partial charge in [-0.1, -0.05) is 24.6 Å².